The Morgan fingerprint density at radius 2 is 1.56 bits per heavy atom. The molecule has 2 fully saturated rings. The van der Waals surface area contributed by atoms with Crippen LogP contribution in [0.3, 0.4) is 0 Å². The second kappa shape index (κ2) is 14.9. The molecule has 2 aromatic carbocycles. The molecule has 230 valence electrons. The number of likely N-dealkylation sites (tertiary alicyclic amines) is 2. The van der Waals surface area contributed by atoms with Crippen LogP contribution in [0.4, 0.5) is 0 Å². The number of nitrogens with zero attached hydrogens (tertiary/aromatic N) is 2. The van der Waals surface area contributed by atoms with E-state index in [1.54, 1.807) is 6.92 Å². The summed E-state index contributed by atoms with van der Waals surface area (Å²) < 4.78 is 0. The van der Waals surface area contributed by atoms with E-state index in [0.29, 0.717) is 45.1 Å². The molecule has 3 amide bonds. The first-order valence-corrected chi connectivity index (χ1v) is 15.1. The van der Waals surface area contributed by atoms with E-state index >= 15 is 0 Å². The Morgan fingerprint density at radius 1 is 0.930 bits per heavy atom. The SMILES string of the molecule is CCC(=O)C[C@@H]1C[C@@H](C(=O)N2CCC[C@H]2C(=O)N[C@H](CC(=O)O)Cc2ccccc2)N(C(=O)[C@@H](N)Cc2ccccc2)C1. The molecule has 43 heavy (non-hydrogen) atoms. The summed E-state index contributed by atoms with van der Waals surface area (Å²) in [4.78, 5) is 68.0. The molecule has 2 aromatic rings. The summed E-state index contributed by atoms with van der Waals surface area (Å²) in [6, 6.07) is 15.7. The van der Waals surface area contributed by atoms with Gasteiger partial charge in [-0.25, -0.2) is 0 Å². The topological polar surface area (TPSA) is 150 Å². The fourth-order valence-electron chi connectivity index (χ4n) is 6.26. The zero-order valence-corrected chi connectivity index (χ0v) is 24.7. The van der Waals surface area contributed by atoms with Crippen molar-refractivity contribution in [3.63, 3.8) is 0 Å². The lowest BCUT2D eigenvalue weighted by Crippen LogP contribution is -2.56. The molecule has 10 heteroatoms. The quantitative estimate of drug-likeness (QED) is 0.324. The van der Waals surface area contributed by atoms with E-state index in [1.807, 2.05) is 60.7 Å². The molecule has 2 aliphatic rings. The maximum atomic E-state index is 14.0. The molecule has 2 saturated heterocycles. The zero-order chi connectivity index (χ0) is 30.9. The second-order valence-corrected chi connectivity index (χ2v) is 11.7. The van der Waals surface area contributed by atoms with Crippen LogP contribution in [0.2, 0.25) is 0 Å². The monoisotopic (exact) mass is 590 g/mol. The number of carbonyl (C=O) groups is 5. The van der Waals surface area contributed by atoms with Crippen molar-refractivity contribution in [1.29, 1.82) is 0 Å². The molecule has 0 radical (unpaired) electrons. The van der Waals surface area contributed by atoms with Gasteiger partial charge >= 0.3 is 5.97 Å². The zero-order valence-electron chi connectivity index (χ0n) is 24.7. The van der Waals surface area contributed by atoms with Crippen molar-refractivity contribution in [2.24, 2.45) is 11.7 Å². The standard InChI is InChI=1S/C33H42N4O6/c1-2-26(38)17-24-19-29(37(21-24)32(42)27(34)18-23-12-7-4-8-13-23)33(43)36-15-9-14-28(36)31(41)35-25(20-30(39)40)16-22-10-5-3-6-11-22/h3-8,10-13,24-25,27-29H,2,9,14-21,34H2,1H3,(H,35,41)(H,39,40)/t24-,25+,27+,28+,29+/m1/s1. The highest BCUT2D eigenvalue weighted by atomic mass is 16.4. The molecule has 0 unspecified atom stereocenters. The van der Waals surface area contributed by atoms with Crippen LogP contribution in [0.25, 0.3) is 0 Å². The highest BCUT2D eigenvalue weighted by molar-refractivity contribution is 5.94. The average Bonchev–Trinajstić information content (AvgIpc) is 3.65. The number of Topliss-reactive ketones (excluding diaryl/α,β-unsaturated/α-hetero) is 1. The van der Waals surface area contributed by atoms with E-state index < -0.39 is 36.0 Å². The first-order chi connectivity index (χ1) is 20.7. The molecule has 10 nitrogen and oxygen atoms in total. The molecular formula is C33H42N4O6. The Balaban J connectivity index is 1.49. The second-order valence-electron chi connectivity index (χ2n) is 11.7. The van der Waals surface area contributed by atoms with Gasteiger partial charge in [0, 0.05) is 32.0 Å². The van der Waals surface area contributed by atoms with Crippen molar-refractivity contribution < 1.29 is 29.1 Å². The number of nitrogens with one attached hydrogen (secondary N) is 1. The van der Waals surface area contributed by atoms with Crippen LogP contribution >= 0.6 is 0 Å². The summed E-state index contributed by atoms with van der Waals surface area (Å²) in [5.74, 6) is -2.21. The van der Waals surface area contributed by atoms with Gasteiger partial charge in [0.15, 0.2) is 0 Å². The van der Waals surface area contributed by atoms with Gasteiger partial charge in [-0.2, -0.15) is 0 Å². The summed E-state index contributed by atoms with van der Waals surface area (Å²) in [5, 5.41) is 12.3. The van der Waals surface area contributed by atoms with Crippen LogP contribution in [0.5, 0.6) is 0 Å². The van der Waals surface area contributed by atoms with Gasteiger partial charge in [0.05, 0.1) is 12.5 Å². The summed E-state index contributed by atoms with van der Waals surface area (Å²) in [7, 11) is 0. The highest BCUT2D eigenvalue weighted by Crippen LogP contribution is 2.31. The number of nitrogens with two attached hydrogens (primary N) is 1. The number of hydrogen-bond acceptors (Lipinski definition) is 6. The van der Waals surface area contributed by atoms with Gasteiger partial charge in [0.25, 0.3) is 0 Å². The minimum atomic E-state index is -1.03. The number of hydrogen-bond donors (Lipinski definition) is 3. The highest BCUT2D eigenvalue weighted by Gasteiger charge is 2.46. The number of rotatable bonds is 13. The Bertz CT molecular complexity index is 1290. The molecule has 4 rings (SSSR count). The predicted molar refractivity (Wildman–Crippen MR) is 161 cm³/mol. The van der Waals surface area contributed by atoms with Crippen molar-refractivity contribution in [2.75, 3.05) is 13.1 Å². The van der Waals surface area contributed by atoms with Crippen molar-refractivity contribution in [1.82, 2.24) is 15.1 Å². The number of carbonyl (C=O) groups excluding carboxylic acids is 4. The Hall–Kier alpha value is -4.05. The van der Waals surface area contributed by atoms with Crippen molar-refractivity contribution in [2.45, 2.75) is 82.5 Å². The normalized spacial score (nSPS) is 21.3. The Labute approximate surface area is 252 Å². The van der Waals surface area contributed by atoms with E-state index in [1.165, 1.54) is 9.80 Å². The van der Waals surface area contributed by atoms with Gasteiger partial charge in [-0.05, 0) is 49.1 Å². The van der Waals surface area contributed by atoms with Crippen molar-refractivity contribution >= 4 is 29.5 Å². The number of carboxylic acids is 1. The Kier molecular flexibility index (Phi) is 11.1. The van der Waals surface area contributed by atoms with Gasteiger partial charge in [0.2, 0.25) is 17.7 Å². The molecule has 0 saturated carbocycles. The third-order valence-corrected chi connectivity index (χ3v) is 8.41. The third kappa shape index (κ3) is 8.50. The number of benzene rings is 2. The maximum Gasteiger partial charge on any atom is 0.305 e. The van der Waals surface area contributed by atoms with Gasteiger partial charge < -0.3 is 26.0 Å². The van der Waals surface area contributed by atoms with E-state index in [4.69, 9.17) is 5.73 Å². The van der Waals surface area contributed by atoms with E-state index in [2.05, 4.69) is 5.32 Å². The molecule has 0 aliphatic carbocycles. The van der Waals surface area contributed by atoms with Crippen molar-refractivity contribution in [3.8, 4) is 0 Å². The van der Waals surface area contributed by atoms with Gasteiger partial charge in [-0.1, -0.05) is 67.6 Å². The van der Waals surface area contributed by atoms with E-state index in [9.17, 15) is 29.1 Å². The molecule has 0 bridgehead atoms. The summed E-state index contributed by atoms with van der Waals surface area (Å²) in [6.07, 6.45) is 2.44. The van der Waals surface area contributed by atoms with Crippen LogP contribution < -0.4 is 11.1 Å². The lowest BCUT2D eigenvalue weighted by Gasteiger charge is -2.32. The summed E-state index contributed by atoms with van der Waals surface area (Å²) in [6.45, 7) is 2.40. The smallest absolute Gasteiger partial charge is 0.305 e. The van der Waals surface area contributed by atoms with Gasteiger partial charge in [-0.3, -0.25) is 24.0 Å². The first-order valence-electron chi connectivity index (χ1n) is 15.1. The largest absolute Gasteiger partial charge is 0.481 e. The number of amides is 3. The van der Waals surface area contributed by atoms with Crippen LogP contribution in [0, 0.1) is 5.92 Å². The van der Waals surface area contributed by atoms with Crippen molar-refractivity contribution in [3.05, 3.63) is 71.8 Å². The molecular weight excluding hydrogens is 548 g/mol. The van der Waals surface area contributed by atoms with Crippen LogP contribution in [0.15, 0.2) is 60.7 Å². The molecule has 0 aromatic heterocycles. The lowest BCUT2D eigenvalue weighted by molar-refractivity contribution is -0.147. The number of aliphatic carboxylic acids is 1. The molecule has 5 atom stereocenters. The minimum absolute atomic E-state index is 0.0698. The predicted octanol–water partition coefficient (Wildman–Crippen LogP) is 2.34. The number of carboxylic acid groups (broad SMARTS) is 1. The van der Waals surface area contributed by atoms with Crippen LogP contribution in [-0.2, 0) is 36.8 Å². The van der Waals surface area contributed by atoms with E-state index in [0.717, 1.165) is 11.1 Å². The Morgan fingerprint density at radius 3 is 2.16 bits per heavy atom. The average molecular weight is 591 g/mol. The maximum absolute atomic E-state index is 14.0. The van der Waals surface area contributed by atoms with Gasteiger partial charge in [-0.15, -0.1) is 0 Å². The summed E-state index contributed by atoms with van der Waals surface area (Å²) >= 11 is 0. The molecule has 4 N–H and O–H groups in total. The first kappa shape index (κ1) is 31.9. The van der Waals surface area contributed by atoms with Crippen LogP contribution in [0.1, 0.15) is 56.6 Å². The molecule has 0 spiro atoms. The number of ketones is 1. The van der Waals surface area contributed by atoms with Crippen LogP contribution in [-0.4, -0.2) is 81.6 Å². The third-order valence-electron chi connectivity index (χ3n) is 8.41. The molecule has 2 aliphatic heterocycles. The summed E-state index contributed by atoms with van der Waals surface area (Å²) in [5.41, 5.74) is 8.16. The van der Waals surface area contributed by atoms with Gasteiger partial charge in [0.1, 0.15) is 17.9 Å². The fourth-order valence-corrected chi connectivity index (χ4v) is 6.26. The minimum Gasteiger partial charge on any atom is -0.481 e. The van der Waals surface area contributed by atoms with E-state index in [-0.39, 0.29) is 42.9 Å². The molecule has 2 heterocycles. The fraction of sp³-hybridized carbons (Fsp3) is 0.485. The lowest BCUT2D eigenvalue weighted by atomic mass is 9.97.